The molecule has 35 heavy (non-hydrogen) atoms. The number of rotatable bonds is 10. The molecule has 0 aliphatic heterocycles. The molecule has 3 aromatic carbocycles. The first-order valence-electron chi connectivity index (χ1n) is 12.4. The minimum Gasteiger partial charge on any atom is -0.494 e. The van der Waals surface area contributed by atoms with Crippen molar-refractivity contribution in [1.82, 2.24) is 14.9 Å². The lowest BCUT2D eigenvalue weighted by atomic mass is 10.0. The van der Waals surface area contributed by atoms with E-state index in [4.69, 9.17) is 9.72 Å². The summed E-state index contributed by atoms with van der Waals surface area (Å²) >= 11 is 0. The lowest BCUT2D eigenvalue weighted by Crippen LogP contribution is -2.27. The molecule has 0 atom stereocenters. The van der Waals surface area contributed by atoms with Crippen LogP contribution in [0.5, 0.6) is 5.75 Å². The molecule has 0 radical (unpaired) electrons. The normalized spacial score (nSPS) is 11.2. The molecule has 0 aliphatic rings. The summed E-state index contributed by atoms with van der Waals surface area (Å²) in [5.41, 5.74) is 6.29. The number of carbonyl (C=O) groups excluding carboxylic acids is 1. The van der Waals surface area contributed by atoms with Gasteiger partial charge in [-0.25, -0.2) is 4.98 Å². The highest BCUT2D eigenvalue weighted by Gasteiger charge is 2.12. The summed E-state index contributed by atoms with van der Waals surface area (Å²) < 4.78 is 8.24. The molecule has 5 nitrogen and oxygen atoms in total. The number of para-hydroxylation sites is 2. The average molecular weight is 470 g/mol. The van der Waals surface area contributed by atoms with Gasteiger partial charge in [-0.15, -0.1) is 0 Å². The number of benzene rings is 3. The Labute approximate surface area is 208 Å². The van der Waals surface area contributed by atoms with Crippen molar-refractivity contribution in [3.05, 3.63) is 94.8 Å². The molecule has 4 aromatic rings. The van der Waals surface area contributed by atoms with Crippen LogP contribution in [0.2, 0.25) is 0 Å². The maximum atomic E-state index is 12.7. The molecule has 182 valence electrons. The van der Waals surface area contributed by atoms with E-state index in [0.717, 1.165) is 52.3 Å². The number of hydrogen-bond acceptors (Lipinski definition) is 3. The molecule has 0 aliphatic carbocycles. The highest BCUT2D eigenvalue weighted by Crippen LogP contribution is 2.20. The van der Waals surface area contributed by atoms with Crippen LogP contribution >= 0.6 is 0 Å². The van der Waals surface area contributed by atoms with Gasteiger partial charge in [0, 0.05) is 25.1 Å². The first-order chi connectivity index (χ1) is 16.9. The SMILES string of the molecule is Cc1ccc(C(=O)NCCc2nc3ccccc3n2CCCOc2ccc(C(C)C)cc2)c(C)c1. The predicted molar refractivity (Wildman–Crippen MR) is 142 cm³/mol. The summed E-state index contributed by atoms with van der Waals surface area (Å²) in [5, 5.41) is 3.06. The van der Waals surface area contributed by atoms with E-state index in [2.05, 4.69) is 41.9 Å². The highest BCUT2D eigenvalue weighted by molar-refractivity contribution is 5.95. The highest BCUT2D eigenvalue weighted by atomic mass is 16.5. The van der Waals surface area contributed by atoms with Gasteiger partial charge in [-0.05, 0) is 67.6 Å². The second kappa shape index (κ2) is 11.2. The fraction of sp³-hybridized carbons (Fsp3) is 0.333. The summed E-state index contributed by atoms with van der Waals surface area (Å²) in [6, 6.07) is 22.5. The van der Waals surface area contributed by atoms with Crippen LogP contribution in [0.15, 0.2) is 66.7 Å². The number of ether oxygens (including phenoxy) is 1. The van der Waals surface area contributed by atoms with Gasteiger partial charge in [-0.2, -0.15) is 0 Å². The van der Waals surface area contributed by atoms with Gasteiger partial charge in [0.2, 0.25) is 0 Å². The van der Waals surface area contributed by atoms with Crippen LogP contribution in [0.3, 0.4) is 0 Å². The topological polar surface area (TPSA) is 56.2 Å². The van der Waals surface area contributed by atoms with Gasteiger partial charge in [0.05, 0.1) is 17.6 Å². The zero-order chi connectivity index (χ0) is 24.8. The van der Waals surface area contributed by atoms with E-state index in [1.54, 1.807) is 0 Å². The van der Waals surface area contributed by atoms with Crippen molar-refractivity contribution in [2.24, 2.45) is 0 Å². The van der Waals surface area contributed by atoms with Gasteiger partial charge >= 0.3 is 0 Å². The van der Waals surface area contributed by atoms with E-state index < -0.39 is 0 Å². The van der Waals surface area contributed by atoms with E-state index in [-0.39, 0.29) is 5.91 Å². The number of aryl methyl sites for hydroxylation is 3. The second-order valence-corrected chi connectivity index (χ2v) is 9.42. The molecule has 1 amide bonds. The largest absolute Gasteiger partial charge is 0.494 e. The monoisotopic (exact) mass is 469 g/mol. The zero-order valence-electron chi connectivity index (χ0n) is 21.2. The Morgan fingerprint density at radius 3 is 2.54 bits per heavy atom. The molecular weight excluding hydrogens is 434 g/mol. The standard InChI is InChI=1S/C30H35N3O2/c1-21(2)24-11-13-25(14-12-24)35-19-7-18-33-28-9-6-5-8-27(28)32-29(33)16-17-31-30(34)26-15-10-22(3)20-23(26)4/h5-6,8-15,20-21H,7,16-19H2,1-4H3,(H,31,34). The minimum absolute atomic E-state index is 0.0398. The number of imidazole rings is 1. The maximum absolute atomic E-state index is 12.7. The van der Waals surface area contributed by atoms with E-state index >= 15 is 0 Å². The van der Waals surface area contributed by atoms with E-state index in [0.29, 0.717) is 25.5 Å². The third-order valence-electron chi connectivity index (χ3n) is 6.34. The molecule has 0 spiro atoms. The van der Waals surface area contributed by atoms with Crippen LogP contribution in [0.25, 0.3) is 11.0 Å². The van der Waals surface area contributed by atoms with Crippen molar-refractivity contribution in [2.75, 3.05) is 13.2 Å². The summed E-state index contributed by atoms with van der Waals surface area (Å²) in [7, 11) is 0. The van der Waals surface area contributed by atoms with Crippen molar-refractivity contribution < 1.29 is 9.53 Å². The van der Waals surface area contributed by atoms with Crippen LogP contribution in [0.4, 0.5) is 0 Å². The minimum atomic E-state index is -0.0398. The Morgan fingerprint density at radius 1 is 1.03 bits per heavy atom. The summed E-state index contributed by atoms with van der Waals surface area (Å²) in [6.07, 6.45) is 1.54. The van der Waals surface area contributed by atoms with E-state index in [9.17, 15) is 4.79 Å². The van der Waals surface area contributed by atoms with Crippen molar-refractivity contribution in [3.8, 4) is 5.75 Å². The van der Waals surface area contributed by atoms with Gasteiger partial charge in [-0.1, -0.05) is 55.8 Å². The third kappa shape index (κ3) is 6.10. The van der Waals surface area contributed by atoms with Gasteiger partial charge in [-0.3, -0.25) is 4.79 Å². The Hall–Kier alpha value is -3.60. The lowest BCUT2D eigenvalue weighted by molar-refractivity contribution is 0.0953. The molecule has 0 saturated carbocycles. The molecule has 1 heterocycles. The molecular formula is C30H35N3O2. The Morgan fingerprint density at radius 2 is 1.80 bits per heavy atom. The number of fused-ring (bicyclic) bond motifs is 1. The number of hydrogen-bond donors (Lipinski definition) is 1. The Kier molecular flexibility index (Phi) is 7.86. The summed E-state index contributed by atoms with van der Waals surface area (Å²) in [5.74, 6) is 2.36. The van der Waals surface area contributed by atoms with Crippen molar-refractivity contribution in [2.45, 2.75) is 53.0 Å². The maximum Gasteiger partial charge on any atom is 0.251 e. The molecule has 0 bridgehead atoms. The van der Waals surface area contributed by atoms with Gasteiger partial charge < -0.3 is 14.6 Å². The van der Waals surface area contributed by atoms with Crippen molar-refractivity contribution >= 4 is 16.9 Å². The Balaban J connectivity index is 1.36. The van der Waals surface area contributed by atoms with E-state index in [1.807, 2.05) is 62.4 Å². The summed E-state index contributed by atoms with van der Waals surface area (Å²) in [4.78, 5) is 17.5. The molecule has 0 saturated heterocycles. The van der Waals surface area contributed by atoms with Crippen molar-refractivity contribution in [3.63, 3.8) is 0 Å². The van der Waals surface area contributed by atoms with Crippen LogP contribution in [-0.4, -0.2) is 28.6 Å². The molecule has 1 aromatic heterocycles. The van der Waals surface area contributed by atoms with Gasteiger partial charge in [0.25, 0.3) is 5.91 Å². The fourth-order valence-electron chi connectivity index (χ4n) is 4.38. The van der Waals surface area contributed by atoms with Crippen LogP contribution < -0.4 is 10.1 Å². The number of carbonyl (C=O) groups is 1. The zero-order valence-corrected chi connectivity index (χ0v) is 21.2. The summed E-state index contributed by atoms with van der Waals surface area (Å²) in [6.45, 7) is 10.4. The van der Waals surface area contributed by atoms with E-state index in [1.165, 1.54) is 5.56 Å². The predicted octanol–water partition coefficient (Wildman–Crippen LogP) is 6.22. The van der Waals surface area contributed by atoms with Crippen LogP contribution in [0, 0.1) is 13.8 Å². The van der Waals surface area contributed by atoms with Crippen LogP contribution in [-0.2, 0) is 13.0 Å². The van der Waals surface area contributed by atoms with Crippen LogP contribution in [0.1, 0.15) is 59.1 Å². The second-order valence-electron chi connectivity index (χ2n) is 9.42. The first-order valence-corrected chi connectivity index (χ1v) is 12.4. The smallest absolute Gasteiger partial charge is 0.251 e. The molecule has 5 heteroatoms. The first kappa shape index (κ1) is 24.5. The molecule has 0 unspecified atom stereocenters. The third-order valence-corrected chi connectivity index (χ3v) is 6.34. The van der Waals surface area contributed by atoms with Gasteiger partial charge in [0.15, 0.2) is 0 Å². The number of amides is 1. The van der Waals surface area contributed by atoms with Crippen molar-refractivity contribution in [1.29, 1.82) is 0 Å². The molecule has 4 rings (SSSR count). The number of nitrogens with zero attached hydrogens (tertiary/aromatic N) is 2. The quantitative estimate of drug-likeness (QED) is 0.281. The fourth-order valence-corrected chi connectivity index (χ4v) is 4.38. The van der Waals surface area contributed by atoms with Gasteiger partial charge in [0.1, 0.15) is 11.6 Å². The average Bonchev–Trinajstić information content (AvgIpc) is 3.19. The number of aromatic nitrogens is 2. The number of nitrogens with one attached hydrogen (secondary N) is 1. The lowest BCUT2D eigenvalue weighted by Gasteiger charge is -2.12. The Bertz CT molecular complexity index is 1290. The molecule has 0 fully saturated rings. The molecule has 1 N–H and O–H groups in total.